The summed E-state index contributed by atoms with van der Waals surface area (Å²) in [7, 11) is 0. The van der Waals surface area contributed by atoms with Crippen LogP contribution in [0.4, 0.5) is 5.69 Å². The molecular weight excluding hydrogens is 240 g/mol. The van der Waals surface area contributed by atoms with Crippen LogP contribution in [0.1, 0.15) is 43.0 Å². The summed E-state index contributed by atoms with van der Waals surface area (Å²) in [6.07, 6.45) is 3.82. The molecule has 0 atom stereocenters. The fraction of sp³-hybridized carbons (Fsp3) is 0.533. The van der Waals surface area contributed by atoms with Crippen LogP contribution in [-0.4, -0.2) is 30.7 Å². The van der Waals surface area contributed by atoms with Crippen LogP contribution in [0.25, 0.3) is 0 Å². The van der Waals surface area contributed by atoms with Crippen molar-refractivity contribution in [3.8, 4) is 0 Å². The van der Waals surface area contributed by atoms with Crippen molar-refractivity contribution in [2.24, 2.45) is 0 Å². The first-order valence-electron chi connectivity index (χ1n) is 7.01. The van der Waals surface area contributed by atoms with Gasteiger partial charge in [-0.25, -0.2) is 0 Å². The lowest BCUT2D eigenvalue weighted by molar-refractivity contribution is 0.0953. The van der Waals surface area contributed by atoms with Gasteiger partial charge in [0.25, 0.3) is 5.91 Å². The van der Waals surface area contributed by atoms with Crippen molar-refractivity contribution < 1.29 is 9.90 Å². The van der Waals surface area contributed by atoms with Gasteiger partial charge in [0.05, 0.1) is 0 Å². The fourth-order valence-corrected chi connectivity index (χ4v) is 1.76. The Morgan fingerprint density at radius 2 is 2.05 bits per heavy atom. The fourth-order valence-electron chi connectivity index (χ4n) is 1.76. The van der Waals surface area contributed by atoms with E-state index in [2.05, 4.69) is 10.6 Å². The van der Waals surface area contributed by atoms with E-state index in [9.17, 15) is 4.79 Å². The summed E-state index contributed by atoms with van der Waals surface area (Å²) in [5, 5.41) is 14.8. The standard InChI is InChI=1S/C15H24N2O2/c1-2-9-17-15(19)13-7-6-8-14(12-13)16-10-4-3-5-11-18/h6-8,12,16,18H,2-5,9-11H2,1H3,(H,17,19). The van der Waals surface area contributed by atoms with E-state index in [1.54, 1.807) is 0 Å². The number of rotatable bonds is 9. The predicted octanol–water partition coefficient (Wildman–Crippen LogP) is 2.40. The Bertz CT molecular complexity index is 380. The molecule has 0 aliphatic heterocycles. The van der Waals surface area contributed by atoms with Gasteiger partial charge in [0.15, 0.2) is 0 Å². The van der Waals surface area contributed by atoms with Gasteiger partial charge < -0.3 is 15.7 Å². The second-order valence-corrected chi connectivity index (χ2v) is 4.55. The highest BCUT2D eigenvalue weighted by Crippen LogP contribution is 2.11. The molecule has 1 amide bonds. The summed E-state index contributed by atoms with van der Waals surface area (Å²) in [4.78, 5) is 11.8. The quantitative estimate of drug-likeness (QED) is 0.600. The minimum absolute atomic E-state index is 0.0224. The number of carbonyl (C=O) groups excluding carboxylic acids is 1. The van der Waals surface area contributed by atoms with Crippen molar-refractivity contribution in [2.45, 2.75) is 32.6 Å². The minimum atomic E-state index is -0.0224. The molecule has 1 rings (SSSR count). The molecule has 0 spiro atoms. The maximum absolute atomic E-state index is 11.8. The summed E-state index contributed by atoms with van der Waals surface area (Å²) in [5.74, 6) is -0.0224. The zero-order valence-corrected chi connectivity index (χ0v) is 11.6. The molecule has 0 fully saturated rings. The number of anilines is 1. The first-order valence-corrected chi connectivity index (χ1v) is 7.01. The number of nitrogens with one attached hydrogen (secondary N) is 2. The molecule has 0 aliphatic carbocycles. The van der Waals surface area contributed by atoms with Crippen LogP contribution in [0, 0.1) is 0 Å². The summed E-state index contributed by atoms with van der Waals surface area (Å²) < 4.78 is 0. The lowest BCUT2D eigenvalue weighted by atomic mass is 10.1. The van der Waals surface area contributed by atoms with Gasteiger partial charge in [-0.1, -0.05) is 13.0 Å². The van der Waals surface area contributed by atoms with E-state index in [4.69, 9.17) is 5.11 Å². The van der Waals surface area contributed by atoms with E-state index in [1.807, 2.05) is 31.2 Å². The molecule has 0 heterocycles. The van der Waals surface area contributed by atoms with Crippen molar-refractivity contribution in [2.75, 3.05) is 25.0 Å². The van der Waals surface area contributed by atoms with Crippen LogP contribution in [0.5, 0.6) is 0 Å². The molecule has 4 heteroatoms. The second kappa shape index (κ2) is 9.39. The molecule has 106 valence electrons. The lowest BCUT2D eigenvalue weighted by Gasteiger charge is -2.08. The predicted molar refractivity (Wildman–Crippen MR) is 78.5 cm³/mol. The Morgan fingerprint density at radius 3 is 2.79 bits per heavy atom. The molecule has 0 aromatic heterocycles. The van der Waals surface area contributed by atoms with Crippen molar-refractivity contribution in [3.05, 3.63) is 29.8 Å². The van der Waals surface area contributed by atoms with E-state index in [0.717, 1.165) is 37.9 Å². The zero-order chi connectivity index (χ0) is 13.9. The molecule has 1 aromatic rings. The Morgan fingerprint density at radius 1 is 1.21 bits per heavy atom. The van der Waals surface area contributed by atoms with Gasteiger partial charge >= 0.3 is 0 Å². The molecule has 0 unspecified atom stereocenters. The van der Waals surface area contributed by atoms with E-state index in [-0.39, 0.29) is 12.5 Å². The zero-order valence-electron chi connectivity index (χ0n) is 11.6. The van der Waals surface area contributed by atoms with Crippen molar-refractivity contribution in [1.82, 2.24) is 5.32 Å². The normalized spacial score (nSPS) is 10.2. The summed E-state index contributed by atoms with van der Waals surface area (Å²) in [6.45, 7) is 3.86. The number of amides is 1. The first-order chi connectivity index (χ1) is 9.27. The van der Waals surface area contributed by atoms with Gasteiger partial charge in [-0.2, -0.15) is 0 Å². The molecule has 3 N–H and O–H groups in total. The van der Waals surface area contributed by atoms with Crippen LogP contribution < -0.4 is 10.6 Å². The van der Waals surface area contributed by atoms with Crippen molar-refractivity contribution in [3.63, 3.8) is 0 Å². The Kier molecular flexibility index (Phi) is 7.66. The molecule has 4 nitrogen and oxygen atoms in total. The van der Waals surface area contributed by atoms with Gasteiger partial charge in [-0.3, -0.25) is 4.79 Å². The average molecular weight is 264 g/mol. The van der Waals surface area contributed by atoms with Gasteiger partial charge in [0.1, 0.15) is 0 Å². The topological polar surface area (TPSA) is 61.4 Å². The maximum Gasteiger partial charge on any atom is 0.251 e. The van der Waals surface area contributed by atoms with Crippen LogP contribution in [0.15, 0.2) is 24.3 Å². The number of hydrogen-bond donors (Lipinski definition) is 3. The van der Waals surface area contributed by atoms with Crippen LogP contribution in [0.2, 0.25) is 0 Å². The Balaban J connectivity index is 2.41. The molecule has 19 heavy (non-hydrogen) atoms. The highest BCUT2D eigenvalue weighted by atomic mass is 16.2. The number of benzene rings is 1. The molecule has 0 radical (unpaired) electrons. The molecule has 0 saturated carbocycles. The van der Waals surface area contributed by atoms with Gasteiger partial charge in [0.2, 0.25) is 0 Å². The molecular formula is C15H24N2O2. The van der Waals surface area contributed by atoms with E-state index in [1.165, 1.54) is 0 Å². The monoisotopic (exact) mass is 264 g/mol. The Hall–Kier alpha value is -1.55. The van der Waals surface area contributed by atoms with Gasteiger partial charge in [-0.05, 0) is 43.9 Å². The summed E-state index contributed by atoms with van der Waals surface area (Å²) in [6, 6.07) is 7.54. The highest BCUT2D eigenvalue weighted by molar-refractivity contribution is 5.95. The average Bonchev–Trinajstić information content (AvgIpc) is 2.45. The third-order valence-corrected chi connectivity index (χ3v) is 2.82. The third kappa shape index (κ3) is 6.25. The smallest absolute Gasteiger partial charge is 0.251 e. The van der Waals surface area contributed by atoms with E-state index < -0.39 is 0 Å². The number of carbonyl (C=O) groups is 1. The Labute approximate surface area is 115 Å². The third-order valence-electron chi connectivity index (χ3n) is 2.82. The lowest BCUT2D eigenvalue weighted by Crippen LogP contribution is -2.23. The van der Waals surface area contributed by atoms with Crippen LogP contribution >= 0.6 is 0 Å². The van der Waals surface area contributed by atoms with Crippen molar-refractivity contribution in [1.29, 1.82) is 0 Å². The molecule has 0 bridgehead atoms. The van der Waals surface area contributed by atoms with E-state index >= 15 is 0 Å². The second-order valence-electron chi connectivity index (χ2n) is 4.55. The molecule has 0 aliphatic rings. The van der Waals surface area contributed by atoms with Gasteiger partial charge in [-0.15, -0.1) is 0 Å². The maximum atomic E-state index is 11.8. The SMILES string of the molecule is CCCNC(=O)c1cccc(NCCCCCO)c1. The largest absolute Gasteiger partial charge is 0.396 e. The number of aliphatic hydroxyl groups is 1. The summed E-state index contributed by atoms with van der Waals surface area (Å²) in [5.41, 5.74) is 1.65. The van der Waals surface area contributed by atoms with Crippen molar-refractivity contribution >= 4 is 11.6 Å². The molecule has 0 saturated heterocycles. The minimum Gasteiger partial charge on any atom is -0.396 e. The first kappa shape index (κ1) is 15.5. The van der Waals surface area contributed by atoms with Crippen LogP contribution in [0.3, 0.4) is 0 Å². The number of hydrogen-bond acceptors (Lipinski definition) is 3. The van der Waals surface area contributed by atoms with E-state index in [0.29, 0.717) is 12.1 Å². The highest BCUT2D eigenvalue weighted by Gasteiger charge is 2.04. The number of aliphatic hydroxyl groups excluding tert-OH is 1. The number of unbranched alkanes of at least 4 members (excludes halogenated alkanes) is 2. The van der Waals surface area contributed by atoms with Gasteiger partial charge in [0, 0.05) is 30.9 Å². The molecule has 1 aromatic carbocycles. The summed E-state index contributed by atoms with van der Waals surface area (Å²) >= 11 is 0. The van der Waals surface area contributed by atoms with Crippen LogP contribution in [-0.2, 0) is 0 Å².